The van der Waals surface area contributed by atoms with Gasteiger partial charge in [0.25, 0.3) is 5.56 Å². The van der Waals surface area contributed by atoms with E-state index in [1.165, 1.54) is 35.8 Å². The van der Waals surface area contributed by atoms with Gasteiger partial charge in [-0.15, -0.1) is 0 Å². The summed E-state index contributed by atoms with van der Waals surface area (Å²) in [6.45, 7) is -0.175. The predicted octanol–water partition coefficient (Wildman–Crippen LogP) is -0.599. The van der Waals surface area contributed by atoms with E-state index in [0.717, 1.165) is 15.9 Å². The van der Waals surface area contributed by atoms with Gasteiger partial charge >= 0.3 is 5.69 Å². The third-order valence-electron chi connectivity index (χ3n) is 3.39. The maximum absolute atomic E-state index is 12.3. The second-order valence-corrected chi connectivity index (χ2v) is 5.97. The van der Waals surface area contributed by atoms with Crippen LogP contribution in [0.5, 0.6) is 0 Å². The molecule has 0 fully saturated rings. The van der Waals surface area contributed by atoms with E-state index in [-0.39, 0.29) is 17.7 Å². The molecule has 0 aliphatic carbocycles. The van der Waals surface area contributed by atoms with Gasteiger partial charge in [-0.2, -0.15) is 5.26 Å². The number of fused-ring (bicyclic) bond motifs is 1. The van der Waals surface area contributed by atoms with Crippen molar-refractivity contribution < 1.29 is 4.79 Å². The van der Waals surface area contributed by atoms with Gasteiger partial charge in [0.05, 0.1) is 12.5 Å². The lowest BCUT2D eigenvalue weighted by atomic mass is 10.4. The number of carbonyl (C=O) groups excluding carboxylic acids is 1. The molecule has 0 unspecified atom stereocenters. The van der Waals surface area contributed by atoms with Crippen LogP contribution in [0, 0.1) is 11.3 Å². The minimum Gasteiger partial charge on any atom is -0.315 e. The molecule has 3 heterocycles. The molecule has 122 valence electrons. The standard InChI is InChI=1S/C13H11N7O3S/c1-18-10-9(11(22)19(2)13(18)23)20(6-16-10)5-8(21)17-12-15-4-7(3-14)24-12/h4,6H,5H2,1-2H3,(H,15,17,21). The van der Waals surface area contributed by atoms with Gasteiger partial charge in [0.15, 0.2) is 16.3 Å². The molecule has 0 aliphatic rings. The highest BCUT2D eigenvalue weighted by Gasteiger charge is 2.16. The number of aromatic nitrogens is 5. The lowest BCUT2D eigenvalue weighted by Gasteiger charge is -2.06. The van der Waals surface area contributed by atoms with Crippen LogP contribution in [0.4, 0.5) is 5.13 Å². The molecule has 0 radical (unpaired) electrons. The average Bonchev–Trinajstić information content (AvgIpc) is 3.17. The largest absolute Gasteiger partial charge is 0.332 e. The van der Waals surface area contributed by atoms with Crippen LogP contribution >= 0.6 is 11.3 Å². The molecule has 10 nitrogen and oxygen atoms in total. The van der Waals surface area contributed by atoms with Crippen molar-refractivity contribution in [2.24, 2.45) is 14.1 Å². The lowest BCUT2D eigenvalue weighted by Crippen LogP contribution is -2.37. The van der Waals surface area contributed by atoms with E-state index in [1.54, 1.807) is 0 Å². The molecule has 0 bridgehead atoms. The minimum atomic E-state index is -0.528. The van der Waals surface area contributed by atoms with Crippen molar-refractivity contribution in [2.45, 2.75) is 6.54 Å². The van der Waals surface area contributed by atoms with Crippen molar-refractivity contribution in [1.29, 1.82) is 5.26 Å². The Hall–Kier alpha value is -3.26. The highest BCUT2D eigenvalue weighted by atomic mass is 32.1. The first-order valence-corrected chi connectivity index (χ1v) is 7.50. The van der Waals surface area contributed by atoms with E-state index in [4.69, 9.17) is 5.26 Å². The summed E-state index contributed by atoms with van der Waals surface area (Å²) >= 11 is 1.05. The number of hydrogen-bond donors (Lipinski definition) is 1. The first-order chi connectivity index (χ1) is 11.4. The summed E-state index contributed by atoms with van der Waals surface area (Å²) in [4.78, 5) is 44.6. The molecule has 0 saturated carbocycles. The number of amides is 1. The zero-order valence-electron chi connectivity index (χ0n) is 12.7. The number of thiazole rings is 1. The first-order valence-electron chi connectivity index (χ1n) is 6.69. The fourth-order valence-corrected chi connectivity index (χ4v) is 2.84. The van der Waals surface area contributed by atoms with Crippen molar-refractivity contribution in [3.63, 3.8) is 0 Å². The molecule has 0 atom stereocenters. The minimum absolute atomic E-state index is 0.159. The van der Waals surface area contributed by atoms with Crippen LogP contribution < -0.4 is 16.6 Å². The number of imidazole rings is 1. The molecule has 11 heteroatoms. The van der Waals surface area contributed by atoms with Crippen LogP contribution in [0.3, 0.4) is 0 Å². The van der Waals surface area contributed by atoms with Crippen molar-refractivity contribution in [3.05, 3.63) is 38.2 Å². The molecular weight excluding hydrogens is 334 g/mol. The molecule has 0 aliphatic heterocycles. The molecule has 24 heavy (non-hydrogen) atoms. The maximum atomic E-state index is 12.3. The van der Waals surface area contributed by atoms with Crippen LogP contribution in [0.2, 0.25) is 0 Å². The van der Waals surface area contributed by atoms with Crippen LogP contribution in [0.15, 0.2) is 22.1 Å². The van der Waals surface area contributed by atoms with Crippen molar-refractivity contribution in [3.8, 4) is 6.07 Å². The van der Waals surface area contributed by atoms with E-state index in [1.807, 2.05) is 6.07 Å². The third kappa shape index (κ3) is 2.48. The van der Waals surface area contributed by atoms with Gasteiger partial charge in [-0.05, 0) is 0 Å². The SMILES string of the molecule is Cn1c(=O)c2c(ncn2CC(=O)Nc2ncc(C#N)s2)n(C)c1=O. The average molecular weight is 345 g/mol. The van der Waals surface area contributed by atoms with Gasteiger partial charge in [-0.3, -0.25) is 18.7 Å². The fraction of sp³-hybridized carbons (Fsp3) is 0.231. The Balaban J connectivity index is 1.93. The Morgan fingerprint density at radius 1 is 1.33 bits per heavy atom. The molecule has 1 N–H and O–H groups in total. The molecular formula is C13H11N7O3S. The Kier molecular flexibility index (Phi) is 3.74. The predicted molar refractivity (Wildman–Crippen MR) is 85.7 cm³/mol. The molecule has 0 spiro atoms. The number of carbonyl (C=O) groups is 1. The van der Waals surface area contributed by atoms with E-state index in [0.29, 0.717) is 10.0 Å². The van der Waals surface area contributed by atoms with Crippen LogP contribution in [0.1, 0.15) is 4.88 Å². The second kappa shape index (κ2) is 5.74. The first kappa shape index (κ1) is 15.6. The Morgan fingerprint density at radius 2 is 2.08 bits per heavy atom. The lowest BCUT2D eigenvalue weighted by molar-refractivity contribution is -0.116. The molecule has 3 aromatic heterocycles. The third-order valence-corrected chi connectivity index (χ3v) is 4.21. The summed E-state index contributed by atoms with van der Waals surface area (Å²) in [6.07, 6.45) is 2.69. The van der Waals surface area contributed by atoms with E-state index in [9.17, 15) is 14.4 Å². The quantitative estimate of drug-likeness (QED) is 0.675. The molecule has 3 rings (SSSR count). The normalized spacial score (nSPS) is 10.7. The topological polar surface area (TPSA) is 128 Å². The fourth-order valence-electron chi connectivity index (χ4n) is 2.21. The molecule has 1 amide bonds. The number of aryl methyl sites for hydroxylation is 1. The van der Waals surface area contributed by atoms with Gasteiger partial charge in [-0.1, -0.05) is 11.3 Å². The number of nitrogens with one attached hydrogen (secondary N) is 1. The van der Waals surface area contributed by atoms with Crippen LogP contribution in [-0.4, -0.2) is 29.6 Å². The maximum Gasteiger partial charge on any atom is 0.332 e. The number of hydrogen-bond acceptors (Lipinski definition) is 7. The smallest absolute Gasteiger partial charge is 0.315 e. The summed E-state index contributed by atoms with van der Waals surface area (Å²) in [6, 6.07) is 1.93. The van der Waals surface area contributed by atoms with Crippen LogP contribution in [0.25, 0.3) is 11.2 Å². The highest BCUT2D eigenvalue weighted by Crippen LogP contribution is 2.16. The molecule has 0 aromatic carbocycles. The van der Waals surface area contributed by atoms with Gasteiger partial charge < -0.3 is 9.88 Å². The zero-order chi connectivity index (χ0) is 17.4. The van der Waals surface area contributed by atoms with Crippen molar-refractivity contribution >= 4 is 33.5 Å². The van der Waals surface area contributed by atoms with Gasteiger partial charge in [0.2, 0.25) is 5.91 Å². The molecule has 0 saturated heterocycles. The summed E-state index contributed by atoms with van der Waals surface area (Å²) in [5.41, 5.74) is -0.656. The monoisotopic (exact) mass is 345 g/mol. The highest BCUT2D eigenvalue weighted by molar-refractivity contribution is 7.16. The summed E-state index contributed by atoms with van der Waals surface area (Å²) in [5.74, 6) is -0.427. The van der Waals surface area contributed by atoms with Crippen molar-refractivity contribution in [2.75, 3.05) is 5.32 Å². The number of nitrogens with zero attached hydrogens (tertiary/aromatic N) is 6. The zero-order valence-corrected chi connectivity index (χ0v) is 13.5. The summed E-state index contributed by atoms with van der Waals surface area (Å²) in [5, 5.41) is 11.6. The second-order valence-electron chi connectivity index (χ2n) is 4.94. The van der Waals surface area contributed by atoms with E-state index < -0.39 is 17.2 Å². The summed E-state index contributed by atoms with van der Waals surface area (Å²) < 4.78 is 3.56. The molecule has 3 aromatic rings. The van der Waals surface area contributed by atoms with Gasteiger partial charge in [0, 0.05) is 14.1 Å². The van der Waals surface area contributed by atoms with Crippen LogP contribution in [-0.2, 0) is 25.4 Å². The number of rotatable bonds is 3. The van der Waals surface area contributed by atoms with Crippen molar-refractivity contribution in [1.82, 2.24) is 23.7 Å². The summed E-state index contributed by atoms with van der Waals surface area (Å²) in [7, 11) is 2.86. The van der Waals surface area contributed by atoms with Gasteiger partial charge in [-0.25, -0.2) is 14.8 Å². The van der Waals surface area contributed by atoms with Gasteiger partial charge in [0.1, 0.15) is 17.5 Å². The number of nitriles is 1. The Labute approximate surface area is 138 Å². The Morgan fingerprint density at radius 3 is 2.75 bits per heavy atom. The Bertz CT molecular complexity index is 1110. The van der Waals surface area contributed by atoms with E-state index in [2.05, 4.69) is 15.3 Å². The number of anilines is 1. The van der Waals surface area contributed by atoms with E-state index >= 15 is 0 Å².